The van der Waals surface area contributed by atoms with Crippen LogP contribution in [0.5, 0.6) is 0 Å². The lowest BCUT2D eigenvalue weighted by Crippen LogP contribution is -2.45. The van der Waals surface area contributed by atoms with E-state index in [0.717, 1.165) is 11.1 Å². The van der Waals surface area contributed by atoms with Crippen molar-refractivity contribution in [1.29, 1.82) is 0 Å². The lowest BCUT2D eigenvalue weighted by Gasteiger charge is -2.24. The quantitative estimate of drug-likeness (QED) is 0.838. The van der Waals surface area contributed by atoms with Crippen LogP contribution in [0, 0.1) is 0 Å². The molecule has 0 radical (unpaired) electrons. The molecule has 29 heavy (non-hydrogen) atoms. The molecule has 2 aromatic carbocycles. The van der Waals surface area contributed by atoms with E-state index in [1.807, 2.05) is 60.7 Å². The van der Waals surface area contributed by atoms with E-state index in [1.54, 1.807) is 0 Å². The number of benzene rings is 2. The standard InChI is InChI=1S/C22H24N2O5/c25-20-12-11-19(23-21(26)28-15-17-7-3-1-4-8-17)13-24(14-20)22(27)29-16-18-9-5-2-6-10-18/h1-10,19H,11-16H2,(H,23,26)/t19-/m0/s1. The van der Waals surface area contributed by atoms with Crippen molar-refractivity contribution in [2.75, 3.05) is 13.1 Å². The Morgan fingerprint density at radius 2 is 1.52 bits per heavy atom. The average molecular weight is 396 g/mol. The van der Waals surface area contributed by atoms with Gasteiger partial charge in [-0.1, -0.05) is 60.7 Å². The number of hydrogen-bond donors (Lipinski definition) is 1. The lowest BCUT2D eigenvalue weighted by molar-refractivity contribution is -0.119. The van der Waals surface area contributed by atoms with Gasteiger partial charge in [-0.05, 0) is 17.5 Å². The van der Waals surface area contributed by atoms with Gasteiger partial charge in [0.2, 0.25) is 0 Å². The van der Waals surface area contributed by atoms with Crippen LogP contribution in [0.3, 0.4) is 0 Å². The average Bonchev–Trinajstić information content (AvgIpc) is 2.93. The van der Waals surface area contributed by atoms with Crippen molar-refractivity contribution in [1.82, 2.24) is 10.2 Å². The van der Waals surface area contributed by atoms with Crippen molar-refractivity contribution in [2.45, 2.75) is 32.1 Å². The molecule has 1 atom stereocenters. The molecule has 1 saturated heterocycles. The van der Waals surface area contributed by atoms with Gasteiger partial charge in [-0.2, -0.15) is 0 Å². The van der Waals surface area contributed by atoms with Crippen LogP contribution in [0.25, 0.3) is 0 Å². The van der Waals surface area contributed by atoms with Crippen LogP contribution in [-0.2, 0) is 27.5 Å². The van der Waals surface area contributed by atoms with Crippen LogP contribution in [0.15, 0.2) is 60.7 Å². The number of nitrogens with one attached hydrogen (secondary N) is 1. The zero-order valence-corrected chi connectivity index (χ0v) is 16.1. The third-order valence-electron chi connectivity index (χ3n) is 4.58. The van der Waals surface area contributed by atoms with Crippen molar-refractivity contribution < 1.29 is 23.9 Å². The Kier molecular flexibility index (Phi) is 7.22. The van der Waals surface area contributed by atoms with Crippen LogP contribution >= 0.6 is 0 Å². The predicted octanol–water partition coefficient (Wildman–Crippen LogP) is 3.28. The highest BCUT2D eigenvalue weighted by atomic mass is 16.6. The first kappa shape index (κ1) is 20.4. The fraction of sp³-hybridized carbons (Fsp3) is 0.318. The molecule has 7 nitrogen and oxygen atoms in total. The van der Waals surface area contributed by atoms with Crippen molar-refractivity contribution in [2.24, 2.45) is 0 Å². The monoisotopic (exact) mass is 396 g/mol. The molecule has 0 bridgehead atoms. The Morgan fingerprint density at radius 1 is 0.931 bits per heavy atom. The number of hydrogen-bond acceptors (Lipinski definition) is 5. The van der Waals surface area contributed by atoms with Crippen LogP contribution in [0.1, 0.15) is 24.0 Å². The van der Waals surface area contributed by atoms with Gasteiger partial charge in [0.05, 0.1) is 12.6 Å². The van der Waals surface area contributed by atoms with Crippen LogP contribution in [0.2, 0.25) is 0 Å². The second-order valence-electron chi connectivity index (χ2n) is 6.90. The minimum Gasteiger partial charge on any atom is -0.445 e. The molecule has 0 aromatic heterocycles. The second kappa shape index (κ2) is 10.3. The predicted molar refractivity (Wildman–Crippen MR) is 106 cm³/mol. The van der Waals surface area contributed by atoms with Gasteiger partial charge in [0.25, 0.3) is 0 Å². The number of Topliss-reactive ketones (excluding diaryl/α,β-unsaturated/α-hetero) is 1. The summed E-state index contributed by atoms with van der Waals surface area (Å²) < 4.78 is 10.6. The molecule has 3 rings (SSSR count). The molecule has 1 aliphatic rings. The molecule has 7 heteroatoms. The van der Waals surface area contributed by atoms with Gasteiger partial charge in [-0.25, -0.2) is 9.59 Å². The molecule has 1 heterocycles. The number of likely N-dealkylation sites (tertiary alicyclic amines) is 1. The first-order valence-corrected chi connectivity index (χ1v) is 9.54. The third kappa shape index (κ3) is 6.64. The number of carbonyl (C=O) groups is 3. The topological polar surface area (TPSA) is 84.9 Å². The summed E-state index contributed by atoms with van der Waals surface area (Å²) >= 11 is 0. The Morgan fingerprint density at radius 3 is 2.14 bits per heavy atom. The number of rotatable bonds is 5. The first-order valence-electron chi connectivity index (χ1n) is 9.54. The molecule has 2 aromatic rings. The van der Waals surface area contributed by atoms with E-state index in [2.05, 4.69) is 5.32 Å². The highest BCUT2D eigenvalue weighted by molar-refractivity contribution is 5.84. The molecule has 0 spiro atoms. The smallest absolute Gasteiger partial charge is 0.410 e. The molecule has 152 valence electrons. The van der Waals surface area contributed by atoms with Crippen molar-refractivity contribution in [3.63, 3.8) is 0 Å². The van der Waals surface area contributed by atoms with E-state index in [4.69, 9.17) is 9.47 Å². The molecule has 1 fully saturated rings. The summed E-state index contributed by atoms with van der Waals surface area (Å²) in [5.41, 5.74) is 1.74. The van der Waals surface area contributed by atoms with E-state index in [0.29, 0.717) is 6.42 Å². The summed E-state index contributed by atoms with van der Waals surface area (Å²) in [6, 6.07) is 18.3. The number of ether oxygens (including phenoxy) is 2. The Bertz CT molecular complexity index is 826. The Labute approximate surface area is 169 Å². The third-order valence-corrected chi connectivity index (χ3v) is 4.58. The molecular formula is C22H24N2O5. The zero-order valence-electron chi connectivity index (χ0n) is 16.1. The SMILES string of the molecule is O=C1CC[C@H](NC(=O)OCc2ccccc2)CN(C(=O)OCc2ccccc2)C1. The minimum atomic E-state index is -0.578. The Hall–Kier alpha value is -3.35. The van der Waals surface area contributed by atoms with Crippen LogP contribution < -0.4 is 5.32 Å². The van der Waals surface area contributed by atoms with Gasteiger partial charge < -0.3 is 14.8 Å². The fourth-order valence-corrected chi connectivity index (χ4v) is 3.05. The maximum absolute atomic E-state index is 12.4. The summed E-state index contributed by atoms with van der Waals surface area (Å²) in [5, 5.41) is 2.75. The van der Waals surface area contributed by atoms with Gasteiger partial charge in [-0.3, -0.25) is 9.69 Å². The first-order chi connectivity index (χ1) is 14.1. The zero-order chi connectivity index (χ0) is 20.5. The van der Waals surface area contributed by atoms with E-state index in [1.165, 1.54) is 4.90 Å². The summed E-state index contributed by atoms with van der Waals surface area (Å²) in [6.45, 7) is 0.452. The fourth-order valence-electron chi connectivity index (χ4n) is 3.05. The van der Waals surface area contributed by atoms with Crippen LogP contribution in [0.4, 0.5) is 9.59 Å². The van der Waals surface area contributed by atoms with Crippen molar-refractivity contribution in [3.05, 3.63) is 71.8 Å². The normalized spacial score (nSPS) is 16.6. The number of amides is 2. The summed E-state index contributed by atoms with van der Waals surface area (Å²) in [7, 11) is 0. The molecule has 1 N–H and O–H groups in total. The number of ketones is 1. The lowest BCUT2D eigenvalue weighted by atomic mass is 10.1. The van der Waals surface area contributed by atoms with E-state index < -0.39 is 12.2 Å². The molecule has 2 amide bonds. The summed E-state index contributed by atoms with van der Waals surface area (Å²) in [5.74, 6) is -0.0661. The van der Waals surface area contributed by atoms with Gasteiger partial charge in [0.15, 0.2) is 5.78 Å². The van der Waals surface area contributed by atoms with Gasteiger partial charge in [-0.15, -0.1) is 0 Å². The van der Waals surface area contributed by atoms with Crippen LogP contribution in [-0.4, -0.2) is 42.0 Å². The highest BCUT2D eigenvalue weighted by Crippen LogP contribution is 2.12. The van der Waals surface area contributed by atoms with Gasteiger partial charge in [0.1, 0.15) is 13.2 Å². The summed E-state index contributed by atoms with van der Waals surface area (Å²) in [6.07, 6.45) is -0.423. The largest absolute Gasteiger partial charge is 0.445 e. The number of alkyl carbamates (subject to hydrolysis) is 1. The minimum absolute atomic E-state index is 0.0230. The number of nitrogens with zero attached hydrogens (tertiary/aromatic N) is 1. The van der Waals surface area contributed by atoms with Gasteiger partial charge in [0, 0.05) is 13.0 Å². The number of carbonyl (C=O) groups excluding carboxylic acids is 3. The molecular weight excluding hydrogens is 372 g/mol. The van der Waals surface area contributed by atoms with E-state index >= 15 is 0 Å². The second-order valence-corrected chi connectivity index (χ2v) is 6.90. The molecule has 0 saturated carbocycles. The molecule has 0 aliphatic carbocycles. The summed E-state index contributed by atoms with van der Waals surface area (Å²) in [4.78, 5) is 37.9. The highest BCUT2D eigenvalue weighted by Gasteiger charge is 2.28. The van der Waals surface area contributed by atoms with Crippen molar-refractivity contribution >= 4 is 18.0 Å². The molecule has 1 aliphatic heterocycles. The maximum atomic E-state index is 12.4. The van der Waals surface area contributed by atoms with E-state index in [9.17, 15) is 14.4 Å². The van der Waals surface area contributed by atoms with Gasteiger partial charge >= 0.3 is 12.2 Å². The molecule has 0 unspecified atom stereocenters. The van der Waals surface area contributed by atoms with E-state index in [-0.39, 0.29) is 44.5 Å². The Balaban J connectivity index is 1.50. The van der Waals surface area contributed by atoms with Crippen molar-refractivity contribution in [3.8, 4) is 0 Å². The maximum Gasteiger partial charge on any atom is 0.410 e.